The van der Waals surface area contributed by atoms with Crippen LogP contribution in [0, 0.1) is 5.92 Å². The van der Waals surface area contributed by atoms with Gasteiger partial charge in [-0.2, -0.15) is 0 Å². The van der Waals surface area contributed by atoms with Crippen LogP contribution >= 0.6 is 0 Å². The van der Waals surface area contributed by atoms with Gasteiger partial charge in [0.2, 0.25) is 0 Å². The van der Waals surface area contributed by atoms with Gasteiger partial charge in [0, 0.05) is 12.7 Å². The summed E-state index contributed by atoms with van der Waals surface area (Å²) in [6, 6.07) is 3.37. The molecule has 4 nitrogen and oxygen atoms in total. The maximum atomic E-state index is 9.50. The molecule has 1 atom stereocenters. The van der Waals surface area contributed by atoms with Gasteiger partial charge in [0.05, 0.1) is 0 Å². The largest absolute Gasteiger partial charge is 0.504 e. The molecular formula is C11H17N3O. The standard InChI is InChI=1S/C11H17N3O/c15-10-4-2-6-13-11(10)14-8-9-3-1-5-12-7-9/h2,4,6,9,12,15H,1,3,5,7-8H2,(H,13,14)/t9-/m0/s1. The van der Waals surface area contributed by atoms with E-state index in [0.717, 1.165) is 19.6 Å². The second-order valence-corrected chi connectivity index (χ2v) is 3.96. The lowest BCUT2D eigenvalue weighted by Crippen LogP contribution is -2.33. The van der Waals surface area contributed by atoms with Gasteiger partial charge >= 0.3 is 0 Å². The summed E-state index contributed by atoms with van der Waals surface area (Å²) in [6.45, 7) is 3.06. The third-order valence-corrected chi connectivity index (χ3v) is 2.74. The third-order valence-electron chi connectivity index (χ3n) is 2.74. The Hall–Kier alpha value is -1.29. The fourth-order valence-electron chi connectivity index (χ4n) is 1.87. The number of piperidine rings is 1. The minimum absolute atomic E-state index is 0.223. The van der Waals surface area contributed by atoms with Crippen LogP contribution in [-0.4, -0.2) is 29.7 Å². The summed E-state index contributed by atoms with van der Waals surface area (Å²) in [7, 11) is 0. The van der Waals surface area contributed by atoms with E-state index in [2.05, 4.69) is 15.6 Å². The Kier molecular flexibility index (Phi) is 3.40. The van der Waals surface area contributed by atoms with Gasteiger partial charge in [0.25, 0.3) is 0 Å². The van der Waals surface area contributed by atoms with Crippen molar-refractivity contribution >= 4 is 5.82 Å². The van der Waals surface area contributed by atoms with Gasteiger partial charge in [0.15, 0.2) is 11.6 Å². The Morgan fingerprint density at radius 3 is 3.27 bits per heavy atom. The first-order chi connectivity index (χ1) is 7.36. The number of hydrogen-bond donors (Lipinski definition) is 3. The van der Waals surface area contributed by atoms with Crippen molar-refractivity contribution in [2.75, 3.05) is 25.0 Å². The van der Waals surface area contributed by atoms with Crippen LogP contribution in [0.2, 0.25) is 0 Å². The Bertz CT molecular complexity index is 310. The number of anilines is 1. The van der Waals surface area contributed by atoms with Crippen molar-refractivity contribution in [2.45, 2.75) is 12.8 Å². The van der Waals surface area contributed by atoms with E-state index in [4.69, 9.17) is 0 Å². The van der Waals surface area contributed by atoms with Gasteiger partial charge < -0.3 is 15.7 Å². The van der Waals surface area contributed by atoms with Gasteiger partial charge in [-0.05, 0) is 44.0 Å². The predicted molar refractivity (Wildman–Crippen MR) is 60.0 cm³/mol. The van der Waals surface area contributed by atoms with E-state index >= 15 is 0 Å². The number of aromatic nitrogens is 1. The van der Waals surface area contributed by atoms with Crippen LogP contribution in [0.3, 0.4) is 0 Å². The molecule has 0 unspecified atom stereocenters. The molecule has 0 radical (unpaired) electrons. The molecule has 0 amide bonds. The fourth-order valence-corrected chi connectivity index (χ4v) is 1.87. The molecule has 1 fully saturated rings. The summed E-state index contributed by atoms with van der Waals surface area (Å²) < 4.78 is 0. The highest BCUT2D eigenvalue weighted by atomic mass is 16.3. The second kappa shape index (κ2) is 4.98. The molecule has 4 heteroatoms. The molecule has 2 heterocycles. The molecule has 1 aliphatic rings. The Morgan fingerprint density at radius 2 is 2.53 bits per heavy atom. The lowest BCUT2D eigenvalue weighted by Gasteiger charge is -2.23. The molecule has 1 aromatic rings. The lowest BCUT2D eigenvalue weighted by atomic mass is 10.00. The number of aromatic hydroxyl groups is 1. The summed E-state index contributed by atoms with van der Waals surface area (Å²) >= 11 is 0. The van der Waals surface area contributed by atoms with Crippen molar-refractivity contribution in [3.63, 3.8) is 0 Å². The predicted octanol–water partition coefficient (Wildman–Crippen LogP) is 1.20. The smallest absolute Gasteiger partial charge is 0.168 e. The first-order valence-electron chi connectivity index (χ1n) is 5.45. The van der Waals surface area contributed by atoms with Crippen LogP contribution in [0.5, 0.6) is 5.75 Å². The molecule has 82 valence electrons. The summed E-state index contributed by atoms with van der Waals surface area (Å²) in [5.41, 5.74) is 0. The Balaban J connectivity index is 1.84. The van der Waals surface area contributed by atoms with Gasteiger partial charge in [0.1, 0.15) is 0 Å². The zero-order valence-corrected chi connectivity index (χ0v) is 8.74. The van der Waals surface area contributed by atoms with Crippen molar-refractivity contribution in [1.82, 2.24) is 10.3 Å². The van der Waals surface area contributed by atoms with Crippen LogP contribution in [0.1, 0.15) is 12.8 Å². The fraction of sp³-hybridized carbons (Fsp3) is 0.545. The van der Waals surface area contributed by atoms with Crippen molar-refractivity contribution in [3.8, 4) is 5.75 Å². The van der Waals surface area contributed by atoms with Crippen LogP contribution < -0.4 is 10.6 Å². The topological polar surface area (TPSA) is 57.2 Å². The molecule has 0 aromatic carbocycles. The van der Waals surface area contributed by atoms with Gasteiger partial charge in [-0.25, -0.2) is 4.98 Å². The van der Waals surface area contributed by atoms with E-state index in [1.165, 1.54) is 12.8 Å². The van der Waals surface area contributed by atoms with Gasteiger partial charge in [-0.3, -0.25) is 0 Å². The van der Waals surface area contributed by atoms with E-state index in [-0.39, 0.29) is 5.75 Å². The van der Waals surface area contributed by atoms with Crippen molar-refractivity contribution in [2.24, 2.45) is 5.92 Å². The average molecular weight is 207 g/mol. The first kappa shape index (κ1) is 10.2. The summed E-state index contributed by atoms with van der Waals surface area (Å²) in [5, 5.41) is 16.0. The van der Waals surface area contributed by atoms with E-state index < -0.39 is 0 Å². The number of nitrogens with zero attached hydrogens (tertiary/aromatic N) is 1. The molecule has 0 aliphatic carbocycles. The van der Waals surface area contributed by atoms with E-state index in [1.54, 1.807) is 18.3 Å². The summed E-state index contributed by atoms with van der Waals surface area (Å²) in [6.07, 6.45) is 4.16. The number of pyridine rings is 1. The third kappa shape index (κ3) is 2.83. The maximum absolute atomic E-state index is 9.50. The van der Waals surface area contributed by atoms with E-state index in [9.17, 15) is 5.11 Å². The highest BCUT2D eigenvalue weighted by Crippen LogP contribution is 2.19. The zero-order chi connectivity index (χ0) is 10.5. The molecule has 1 saturated heterocycles. The SMILES string of the molecule is Oc1cccnc1NC[C@H]1CCCNC1. The normalized spacial score (nSPS) is 21.2. The first-order valence-corrected chi connectivity index (χ1v) is 5.45. The molecule has 0 saturated carbocycles. The van der Waals surface area contributed by atoms with Crippen LogP contribution in [-0.2, 0) is 0 Å². The Labute approximate surface area is 89.7 Å². The molecule has 15 heavy (non-hydrogen) atoms. The average Bonchev–Trinajstić information content (AvgIpc) is 2.29. The quantitative estimate of drug-likeness (QED) is 0.697. The molecule has 3 N–H and O–H groups in total. The lowest BCUT2D eigenvalue weighted by molar-refractivity contribution is 0.391. The molecule has 1 aliphatic heterocycles. The second-order valence-electron chi connectivity index (χ2n) is 3.96. The van der Waals surface area contributed by atoms with Crippen LogP contribution in [0.25, 0.3) is 0 Å². The maximum Gasteiger partial charge on any atom is 0.168 e. The summed E-state index contributed by atoms with van der Waals surface area (Å²) in [4.78, 5) is 4.08. The molecule has 1 aromatic heterocycles. The zero-order valence-electron chi connectivity index (χ0n) is 8.74. The van der Waals surface area contributed by atoms with Crippen molar-refractivity contribution in [1.29, 1.82) is 0 Å². The minimum atomic E-state index is 0.223. The minimum Gasteiger partial charge on any atom is -0.504 e. The molecule has 2 rings (SSSR count). The molecular weight excluding hydrogens is 190 g/mol. The summed E-state index contributed by atoms with van der Waals surface area (Å²) in [5.74, 6) is 1.45. The molecule has 0 spiro atoms. The Morgan fingerprint density at radius 1 is 1.60 bits per heavy atom. The van der Waals surface area contributed by atoms with E-state index in [1.807, 2.05) is 0 Å². The number of hydrogen-bond acceptors (Lipinski definition) is 4. The monoisotopic (exact) mass is 207 g/mol. The van der Waals surface area contributed by atoms with Gasteiger partial charge in [-0.15, -0.1) is 0 Å². The number of nitrogens with one attached hydrogen (secondary N) is 2. The van der Waals surface area contributed by atoms with Crippen molar-refractivity contribution in [3.05, 3.63) is 18.3 Å². The van der Waals surface area contributed by atoms with Crippen LogP contribution in [0.4, 0.5) is 5.82 Å². The molecule has 0 bridgehead atoms. The number of rotatable bonds is 3. The highest BCUT2D eigenvalue weighted by molar-refractivity contribution is 5.48. The van der Waals surface area contributed by atoms with Crippen molar-refractivity contribution < 1.29 is 5.11 Å². The van der Waals surface area contributed by atoms with E-state index in [0.29, 0.717) is 11.7 Å². The highest BCUT2D eigenvalue weighted by Gasteiger charge is 2.13. The van der Waals surface area contributed by atoms with Crippen LogP contribution in [0.15, 0.2) is 18.3 Å². The van der Waals surface area contributed by atoms with Gasteiger partial charge in [-0.1, -0.05) is 0 Å².